The van der Waals surface area contributed by atoms with Crippen LogP contribution >= 0.6 is 0 Å². The van der Waals surface area contributed by atoms with E-state index < -0.39 is 23.9 Å². The van der Waals surface area contributed by atoms with Gasteiger partial charge in [-0.2, -0.15) is 26.3 Å². The highest BCUT2D eigenvalue weighted by molar-refractivity contribution is 5.73. The summed E-state index contributed by atoms with van der Waals surface area (Å²) >= 11 is 0. The van der Waals surface area contributed by atoms with E-state index in [4.69, 9.17) is 14.6 Å². The van der Waals surface area contributed by atoms with Crippen LogP contribution in [0.3, 0.4) is 0 Å². The fraction of sp³-hybridized carbons (Fsp3) is 0.312. The van der Waals surface area contributed by atoms with Gasteiger partial charge >= 0.3 is 18.3 Å². The molecule has 0 spiro atoms. The zero-order chi connectivity index (χ0) is 20.9. The van der Waals surface area contributed by atoms with Gasteiger partial charge in [-0.25, -0.2) is 14.8 Å². The molecule has 1 aliphatic rings. The predicted molar refractivity (Wildman–Crippen MR) is 82.9 cm³/mol. The standard InChI is InChI=1S/C14H12F3N3O.C2HF3O2/c15-14(16,17)10-2-1-3-11(4-10)21-13-5-12(19-8-20-13)9-6-18-7-9;3-2(4,5)1(6)7/h1-5,8-9,18H,6-7H2;(H,6,7). The summed E-state index contributed by atoms with van der Waals surface area (Å²) in [7, 11) is 0. The van der Waals surface area contributed by atoms with Gasteiger partial charge in [0.15, 0.2) is 0 Å². The number of ether oxygens (including phenoxy) is 1. The summed E-state index contributed by atoms with van der Waals surface area (Å²) in [6.07, 6.45) is -8.12. The summed E-state index contributed by atoms with van der Waals surface area (Å²) in [4.78, 5) is 17.0. The Hall–Kier alpha value is -2.89. The van der Waals surface area contributed by atoms with Crippen LogP contribution < -0.4 is 10.1 Å². The lowest BCUT2D eigenvalue weighted by Gasteiger charge is -2.26. The first-order valence-electron chi connectivity index (χ1n) is 7.64. The Labute approximate surface area is 154 Å². The van der Waals surface area contributed by atoms with Crippen molar-refractivity contribution in [2.45, 2.75) is 18.3 Å². The summed E-state index contributed by atoms with van der Waals surface area (Å²) in [5.41, 5.74) is 0.0724. The van der Waals surface area contributed by atoms with Crippen molar-refractivity contribution in [3.8, 4) is 11.6 Å². The molecule has 1 aromatic heterocycles. The Bertz CT molecular complexity index is 822. The fourth-order valence-corrected chi connectivity index (χ4v) is 1.99. The number of aliphatic carboxylic acids is 1. The number of aromatic nitrogens is 2. The smallest absolute Gasteiger partial charge is 0.475 e. The Morgan fingerprint density at radius 3 is 2.25 bits per heavy atom. The fourth-order valence-electron chi connectivity index (χ4n) is 1.99. The molecule has 1 aliphatic heterocycles. The number of nitrogens with one attached hydrogen (secondary N) is 1. The number of benzene rings is 1. The van der Waals surface area contributed by atoms with Gasteiger partial charge in [-0.3, -0.25) is 0 Å². The van der Waals surface area contributed by atoms with Crippen LogP contribution in [0.5, 0.6) is 11.6 Å². The third kappa shape index (κ3) is 6.08. The lowest BCUT2D eigenvalue weighted by atomic mass is 9.99. The van der Waals surface area contributed by atoms with E-state index in [2.05, 4.69) is 15.3 Å². The third-order valence-corrected chi connectivity index (χ3v) is 3.49. The van der Waals surface area contributed by atoms with Crippen LogP contribution in [-0.2, 0) is 11.0 Å². The molecule has 1 saturated heterocycles. The van der Waals surface area contributed by atoms with Gasteiger partial charge in [0, 0.05) is 25.1 Å². The largest absolute Gasteiger partial charge is 0.490 e. The Balaban J connectivity index is 0.000000345. The molecule has 0 radical (unpaired) electrons. The van der Waals surface area contributed by atoms with E-state index in [1.807, 2.05) is 0 Å². The van der Waals surface area contributed by atoms with Crippen molar-refractivity contribution < 1.29 is 41.0 Å². The molecule has 6 nitrogen and oxygen atoms in total. The number of rotatable bonds is 3. The van der Waals surface area contributed by atoms with E-state index >= 15 is 0 Å². The Morgan fingerprint density at radius 2 is 1.75 bits per heavy atom. The van der Waals surface area contributed by atoms with Crippen molar-refractivity contribution in [1.29, 1.82) is 0 Å². The average Bonchev–Trinajstić information content (AvgIpc) is 2.53. The van der Waals surface area contributed by atoms with Crippen LogP contribution in [0.2, 0.25) is 0 Å². The van der Waals surface area contributed by atoms with Gasteiger partial charge in [-0.1, -0.05) is 6.07 Å². The quantitative estimate of drug-likeness (QED) is 0.754. The van der Waals surface area contributed by atoms with Gasteiger partial charge in [0.1, 0.15) is 12.1 Å². The van der Waals surface area contributed by atoms with Crippen LogP contribution in [-0.4, -0.2) is 40.3 Å². The molecule has 0 bridgehead atoms. The third-order valence-electron chi connectivity index (χ3n) is 3.49. The van der Waals surface area contributed by atoms with Gasteiger partial charge in [-0.15, -0.1) is 0 Å². The second-order valence-electron chi connectivity index (χ2n) is 5.57. The molecular formula is C16H13F6N3O3. The summed E-state index contributed by atoms with van der Waals surface area (Å²) in [6, 6.07) is 6.37. The summed E-state index contributed by atoms with van der Waals surface area (Å²) in [6.45, 7) is 1.67. The summed E-state index contributed by atoms with van der Waals surface area (Å²) in [5, 5.41) is 10.3. The maximum atomic E-state index is 12.6. The highest BCUT2D eigenvalue weighted by Crippen LogP contribution is 2.32. The maximum absolute atomic E-state index is 12.6. The number of carboxylic acids is 1. The lowest BCUT2D eigenvalue weighted by Crippen LogP contribution is -2.40. The molecule has 2 aromatic rings. The Morgan fingerprint density at radius 1 is 1.11 bits per heavy atom. The van der Waals surface area contributed by atoms with Gasteiger partial charge in [0.2, 0.25) is 5.88 Å². The minimum absolute atomic E-state index is 0.0983. The zero-order valence-electron chi connectivity index (χ0n) is 13.9. The van der Waals surface area contributed by atoms with Crippen molar-refractivity contribution in [3.63, 3.8) is 0 Å². The number of nitrogens with zero attached hydrogens (tertiary/aromatic N) is 2. The molecule has 0 unspecified atom stereocenters. The molecule has 2 N–H and O–H groups in total. The molecule has 1 fully saturated rings. The Kier molecular flexibility index (Phi) is 6.44. The molecule has 0 saturated carbocycles. The average molecular weight is 409 g/mol. The van der Waals surface area contributed by atoms with Crippen molar-refractivity contribution in [2.75, 3.05) is 13.1 Å². The summed E-state index contributed by atoms with van der Waals surface area (Å²) < 4.78 is 75.1. The molecule has 12 heteroatoms. The van der Waals surface area contributed by atoms with Gasteiger partial charge < -0.3 is 15.2 Å². The van der Waals surface area contributed by atoms with Crippen molar-refractivity contribution in [1.82, 2.24) is 15.3 Å². The first-order valence-corrected chi connectivity index (χ1v) is 7.64. The van der Waals surface area contributed by atoms with E-state index in [1.165, 1.54) is 18.5 Å². The van der Waals surface area contributed by atoms with Crippen LogP contribution in [0.25, 0.3) is 0 Å². The molecule has 152 valence electrons. The first kappa shape index (κ1) is 21.4. The number of halogens is 6. The molecule has 28 heavy (non-hydrogen) atoms. The van der Waals surface area contributed by atoms with Gasteiger partial charge in [0.25, 0.3) is 0 Å². The maximum Gasteiger partial charge on any atom is 0.490 e. The first-order chi connectivity index (χ1) is 13.0. The minimum Gasteiger partial charge on any atom is -0.475 e. The molecule has 0 amide bonds. The normalized spacial score (nSPS) is 14.5. The monoisotopic (exact) mass is 409 g/mol. The second-order valence-corrected chi connectivity index (χ2v) is 5.57. The highest BCUT2D eigenvalue weighted by atomic mass is 19.4. The molecule has 2 heterocycles. The van der Waals surface area contributed by atoms with Crippen molar-refractivity contribution >= 4 is 5.97 Å². The molecule has 0 aliphatic carbocycles. The van der Waals surface area contributed by atoms with E-state index in [0.717, 1.165) is 30.9 Å². The van der Waals surface area contributed by atoms with Crippen molar-refractivity contribution in [3.05, 3.63) is 47.9 Å². The molecule has 0 atom stereocenters. The number of hydrogen-bond acceptors (Lipinski definition) is 5. The number of carbonyl (C=O) groups is 1. The second kappa shape index (κ2) is 8.42. The lowest BCUT2D eigenvalue weighted by molar-refractivity contribution is -0.192. The molecule has 3 rings (SSSR count). The SMILES string of the molecule is FC(F)(F)c1cccc(Oc2cc(C3CNC3)ncn2)c1.O=C(O)C(F)(F)F. The molecule has 1 aromatic carbocycles. The number of alkyl halides is 6. The van der Waals surface area contributed by atoms with Gasteiger partial charge in [0.05, 0.1) is 11.3 Å². The minimum atomic E-state index is -5.08. The van der Waals surface area contributed by atoms with E-state index in [1.54, 1.807) is 6.07 Å². The zero-order valence-corrected chi connectivity index (χ0v) is 13.9. The summed E-state index contributed by atoms with van der Waals surface area (Å²) in [5.74, 6) is -2.11. The number of carboxylic acid groups (broad SMARTS) is 1. The number of hydrogen-bond donors (Lipinski definition) is 2. The van der Waals surface area contributed by atoms with E-state index in [9.17, 15) is 26.3 Å². The van der Waals surface area contributed by atoms with Gasteiger partial charge in [-0.05, 0) is 18.2 Å². The predicted octanol–water partition coefficient (Wildman–Crippen LogP) is 3.61. The molecular weight excluding hydrogens is 396 g/mol. The van der Waals surface area contributed by atoms with Crippen LogP contribution in [0, 0.1) is 0 Å². The van der Waals surface area contributed by atoms with E-state index in [-0.39, 0.29) is 11.6 Å². The highest BCUT2D eigenvalue weighted by Gasteiger charge is 2.38. The van der Waals surface area contributed by atoms with Crippen LogP contribution in [0.15, 0.2) is 36.7 Å². The topological polar surface area (TPSA) is 84.3 Å². The van der Waals surface area contributed by atoms with Crippen LogP contribution in [0.1, 0.15) is 17.2 Å². The van der Waals surface area contributed by atoms with E-state index in [0.29, 0.717) is 5.92 Å². The van der Waals surface area contributed by atoms with Crippen molar-refractivity contribution in [2.24, 2.45) is 0 Å². The van der Waals surface area contributed by atoms with Crippen LogP contribution in [0.4, 0.5) is 26.3 Å².